The molecule has 6 heteroatoms. The van der Waals surface area contributed by atoms with Crippen molar-refractivity contribution in [3.63, 3.8) is 0 Å². The molecule has 0 radical (unpaired) electrons. The van der Waals surface area contributed by atoms with Gasteiger partial charge in [-0.1, -0.05) is 0 Å². The van der Waals surface area contributed by atoms with E-state index in [1.165, 1.54) is 30.6 Å². The summed E-state index contributed by atoms with van der Waals surface area (Å²) in [4.78, 5) is 8.19. The number of hydrogen-bond donors (Lipinski definition) is 1. The van der Waals surface area contributed by atoms with Gasteiger partial charge in [-0.05, 0) is 48.5 Å². The van der Waals surface area contributed by atoms with E-state index in [1.807, 2.05) is 11.8 Å². The molecule has 20 heavy (non-hydrogen) atoms. The number of rotatable bonds is 3. The Morgan fingerprint density at radius 1 is 1.35 bits per heavy atom. The highest BCUT2D eigenvalue weighted by molar-refractivity contribution is 7.99. The van der Waals surface area contributed by atoms with Gasteiger partial charge >= 0.3 is 0 Å². The number of aromatic amines is 1. The molecular formula is C14H18N2O2S2. The Labute approximate surface area is 123 Å². The van der Waals surface area contributed by atoms with Crippen LogP contribution in [0.15, 0.2) is 23.1 Å². The van der Waals surface area contributed by atoms with Crippen molar-refractivity contribution in [1.29, 1.82) is 0 Å². The van der Waals surface area contributed by atoms with E-state index in [0.717, 1.165) is 23.3 Å². The molecule has 1 aromatic heterocycles. The van der Waals surface area contributed by atoms with Crippen LogP contribution >= 0.6 is 11.8 Å². The molecule has 1 aliphatic heterocycles. The number of sulfone groups is 1. The largest absolute Gasteiger partial charge is 0.342 e. The predicted molar refractivity (Wildman–Crippen MR) is 83.0 cm³/mol. The molecule has 1 saturated heterocycles. The van der Waals surface area contributed by atoms with E-state index in [4.69, 9.17) is 0 Å². The lowest BCUT2D eigenvalue weighted by Gasteiger charge is -2.19. The maximum absolute atomic E-state index is 11.6. The Balaban J connectivity index is 1.86. The molecule has 0 bridgehead atoms. The van der Waals surface area contributed by atoms with E-state index < -0.39 is 9.84 Å². The van der Waals surface area contributed by atoms with Crippen LogP contribution < -0.4 is 0 Å². The molecule has 0 saturated carbocycles. The smallest absolute Gasteiger partial charge is 0.175 e. The molecular weight excluding hydrogens is 292 g/mol. The molecule has 0 atom stereocenters. The molecule has 4 nitrogen and oxygen atoms in total. The predicted octanol–water partition coefficient (Wildman–Crippen LogP) is 2.65. The van der Waals surface area contributed by atoms with Crippen molar-refractivity contribution in [2.75, 3.05) is 17.8 Å². The van der Waals surface area contributed by atoms with Crippen molar-refractivity contribution in [3.8, 4) is 0 Å². The number of imidazole rings is 1. The summed E-state index contributed by atoms with van der Waals surface area (Å²) in [5.74, 6) is 4.15. The molecule has 1 N–H and O–H groups in total. The van der Waals surface area contributed by atoms with Crippen molar-refractivity contribution in [2.45, 2.75) is 24.2 Å². The van der Waals surface area contributed by atoms with E-state index in [-0.39, 0.29) is 0 Å². The van der Waals surface area contributed by atoms with Crippen LogP contribution in [0.25, 0.3) is 11.0 Å². The van der Waals surface area contributed by atoms with E-state index >= 15 is 0 Å². The summed E-state index contributed by atoms with van der Waals surface area (Å²) >= 11 is 2.02. The lowest BCUT2D eigenvalue weighted by molar-refractivity contribution is 0.478. The van der Waals surface area contributed by atoms with Crippen LogP contribution in [0.1, 0.15) is 18.7 Å². The molecule has 3 rings (SSSR count). The molecule has 2 heterocycles. The van der Waals surface area contributed by atoms with Gasteiger partial charge in [0.05, 0.1) is 15.9 Å². The van der Waals surface area contributed by atoms with Crippen molar-refractivity contribution < 1.29 is 8.42 Å². The van der Waals surface area contributed by atoms with Gasteiger partial charge in [-0.2, -0.15) is 11.8 Å². The number of thioether (sulfide) groups is 1. The first-order chi connectivity index (χ1) is 9.52. The molecule has 2 aromatic rings. The maximum atomic E-state index is 11.6. The summed E-state index contributed by atoms with van der Waals surface area (Å²) in [6, 6.07) is 5.08. The third kappa shape index (κ3) is 3.01. The van der Waals surface area contributed by atoms with Crippen LogP contribution in [0.2, 0.25) is 0 Å². The molecule has 0 amide bonds. The first kappa shape index (κ1) is 13.9. The number of H-pyrrole nitrogens is 1. The monoisotopic (exact) mass is 310 g/mol. The maximum Gasteiger partial charge on any atom is 0.175 e. The summed E-state index contributed by atoms with van der Waals surface area (Å²) in [5, 5.41) is 0. The molecule has 0 spiro atoms. The Kier molecular flexibility index (Phi) is 3.77. The van der Waals surface area contributed by atoms with E-state index in [0.29, 0.717) is 10.8 Å². The Morgan fingerprint density at radius 3 is 2.80 bits per heavy atom. The highest BCUT2D eigenvalue weighted by Gasteiger charge is 2.16. The quantitative estimate of drug-likeness (QED) is 0.946. The van der Waals surface area contributed by atoms with Crippen molar-refractivity contribution in [2.24, 2.45) is 5.92 Å². The zero-order chi connectivity index (χ0) is 14.2. The van der Waals surface area contributed by atoms with Gasteiger partial charge in [-0.3, -0.25) is 0 Å². The molecule has 0 unspecified atom stereocenters. The van der Waals surface area contributed by atoms with Gasteiger partial charge in [0, 0.05) is 12.7 Å². The van der Waals surface area contributed by atoms with Crippen molar-refractivity contribution in [1.82, 2.24) is 9.97 Å². The third-order valence-corrected chi connectivity index (χ3v) is 5.91. The van der Waals surface area contributed by atoms with Gasteiger partial charge < -0.3 is 4.98 Å². The lowest BCUT2D eigenvalue weighted by Crippen LogP contribution is -2.12. The topological polar surface area (TPSA) is 62.8 Å². The number of fused-ring (bicyclic) bond motifs is 1. The Morgan fingerprint density at radius 2 is 2.10 bits per heavy atom. The molecule has 1 aromatic carbocycles. The fourth-order valence-corrected chi connectivity index (χ4v) is 4.44. The third-order valence-electron chi connectivity index (χ3n) is 3.75. The van der Waals surface area contributed by atoms with Crippen molar-refractivity contribution in [3.05, 3.63) is 24.0 Å². The zero-order valence-electron chi connectivity index (χ0n) is 11.4. The molecule has 1 aliphatic rings. The first-order valence-corrected chi connectivity index (χ1v) is 9.83. The highest BCUT2D eigenvalue weighted by atomic mass is 32.2. The Bertz CT molecular complexity index is 716. The average Bonchev–Trinajstić information content (AvgIpc) is 2.80. The van der Waals surface area contributed by atoms with Crippen LogP contribution in [0.4, 0.5) is 0 Å². The van der Waals surface area contributed by atoms with E-state index in [2.05, 4.69) is 9.97 Å². The van der Waals surface area contributed by atoms with E-state index in [9.17, 15) is 8.42 Å². The number of nitrogens with one attached hydrogen (secondary N) is 1. The SMILES string of the molecule is CS(=O)(=O)c1ccc2nc(CC3CCSCC3)[nH]c2c1. The summed E-state index contributed by atoms with van der Waals surface area (Å²) in [6.45, 7) is 0. The van der Waals surface area contributed by atoms with Crippen LogP contribution in [0.5, 0.6) is 0 Å². The van der Waals surface area contributed by atoms with Crippen LogP contribution in [-0.2, 0) is 16.3 Å². The van der Waals surface area contributed by atoms with Crippen LogP contribution in [0, 0.1) is 5.92 Å². The van der Waals surface area contributed by atoms with Gasteiger partial charge in [0.25, 0.3) is 0 Å². The minimum atomic E-state index is -3.16. The van der Waals surface area contributed by atoms with E-state index in [1.54, 1.807) is 18.2 Å². The van der Waals surface area contributed by atoms with Gasteiger partial charge in [0.15, 0.2) is 9.84 Å². The van der Waals surface area contributed by atoms with Crippen LogP contribution in [0.3, 0.4) is 0 Å². The normalized spacial score (nSPS) is 17.6. The van der Waals surface area contributed by atoms with Crippen molar-refractivity contribution >= 4 is 32.6 Å². The number of hydrogen-bond acceptors (Lipinski definition) is 4. The Hall–Kier alpha value is -1.01. The molecule has 1 fully saturated rings. The first-order valence-electron chi connectivity index (χ1n) is 6.79. The summed E-state index contributed by atoms with van der Waals surface area (Å²) in [7, 11) is -3.16. The van der Waals surface area contributed by atoms with Gasteiger partial charge in [0.1, 0.15) is 5.82 Å². The summed E-state index contributed by atoms with van der Waals surface area (Å²) < 4.78 is 23.1. The number of aromatic nitrogens is 2. The fraction of sp³-hybridized carbons (Fsp3) is 0.500. The minimum absolute atomic E-state index is 0.342. The molecule has 0 aliphatic carbocycles. The average molecular weight is 310 g/mol. The second kappa shape index (κ2) is 5.41. The molecule has 108 valence electrons. The summed E-state index contributed by atoms with van der Waals surface area (Å²) in [5.41, 5.74) is 1.66. The zero-order valence-corrected chi connectivity index (χ0v) is 13.1. The van der Waals surface area contributed by atoms with Gasteiger partial charge in [-0.25, -0.2) is 13.4 Å². The highest BCUT2D eigenvalue weighted by Crippen LogP contribution is 2.26. The summed E-state index contributed by atoms with van der Waals surface area (Å²) in [6.07, 6.45) is 4.68. The lowest BCUT2D eigenvalue weighted by atomic mass is 9.99. The van der Waals surface area contributed by atoms with Gasteiger partial charge in [-0.15, -0.1) is 0 Å². The second-order valence-corrected chi connectivity index (χ2v) is 8.63. The fourth-order valence-electron chi connectivity index (χ4n) is 2.59. The minimum Gasteiger partial charge on any atom is -0.342 e. The number of nitrogens with zero attached hydrogens (tertiary/aromatic N) is 1. The standard InChI is InChI=1S/C14H18N2O2S2/c1-20(17,18)11-2-3-12-13(9-11)16-14(15-12)8-10-4-6-19-7-5-10/h2-3,9-10H,4-8H2,1H3,(H,15,16). The number of benzene rings is 1. The second-order valence-electron chi connectivity index (χ2n) is 5.39. The van der Waals surface area contributed by atoms with Gasteiger partial charge in [0.2, 0.25) is 0 Å². The van der Waals surface area contributed by atoms with Crippen LogP contribution in [-0.4, -0.2) is 36.1 Å².